The van der Waals surface area contributed by atoms with Crippen molar-refractivity contribution in [2.75, 3.05) is 0 Å². The molecule has 2 aromatic carbocycles. The van der Waals surface area contributed by atoms with Crippen LogP contribution in [-0.4, -0.2) is 13.8 Å². The normalized spacial score (nSPS) is 19.8. The summed E-state index contributed by atoms with van der Waals surface area (Å²) in [6.45, 7) is 18.5. The first-order valence-corrected chi connectivity index (χ1v) is 17.2. The third kappa shape index (κ3) is 4.95. The Morgan fingerprint density at radius 1 is 0.946 bits per heavy atom. The molecule has 0 aromatic heterocycles. The molecule has 0 saturated heterocycles. The molecule has 2 bridgehead atoms. The van der Waals surface area contributed by atoms with Crippen molar-refractivity contribution >= 4 is 19.9 Å². The molecule has 0 spiro atoms. The smallest absolute Gasteiger partial charge is 0.116 e. The minimum Gasteiger partial charge on any atom is -1.00 e. The molecule has 1 unspecified atom stereocenters. The average molecular weight is 625 g/mol. The Morgan fingerprint density at radius 3 is 2.14 bits per heavy atom. The minimum absolute atomic E-state index is 0. The van der Waals surface area contributed by atoms with E-state index in [-0.39, 0.29) is 30.2 Å². The second kappa shape index (κ2) is 10.7. The van der Waals surface area contributed by atoms with E-state index in [0.717, 1.165) is 0 Å². The summed E-state index contributed by atoms with van der Waals surface area (Å²) in [5.74, 6) is 0.628. The number of benzene rings is 2. The predicted molar refractivity (Wildman–Crippen MR) is 150 cm³/mol. The van der Waals surface area contributed by atoms with Gasteiger partial charge in [-0.1, -0.05) is 13.1 Å². The molecule has 0 N–H and O–H groups in total. The number of nitrogens with zero attached hydrogens (tertiary/aromatic N) is 1. The number of hydrogen-bond acceptors (Lipinski definition) is 1. The third-order valence-electron chi connectivity index (χ3n) is 8.03. The van der Waals surface area contributed by atoms with Crippen molar-refractivity contribution in [3.8, 4) is 11.1 Å². The number of rotatable bonds is 2. The summed E-state index contributed by atoms with van der Waals surface area (Å²) in [5.41, 5.74) is 13.2. The molecule has 1 nitrogen and oxygen atoms in total. The van der Waals surface area contributed by atoms with E-state index in [2.05, 4.69) is 114 Å². The van der Waals surface area contributed by atoms with Gasteiger partial charge in [0.2, 0.25) is 0 Å². The van der Waals surface area contributed by atoms with Gasteiger partial charge >= 0.3 is 156 Å². The maximum absolute atomic E-state index is 4.42. The molecule has 0 saturated carbocycles. The van der Waals surface area contributed by atoms with Crippen molar-refractivity contribution in [3.63, 3.8) is 0 Å². The van der Waals surface area contributed by atoms with Crippen LogP contribution in [0.5, 0.6) is 0 Å². The number of aliphatic imine (C=N–C) groups is 1. The first-order chi connectivity index (χ1) is 16.4. The topological polar surface area (TPSA) is 12.4 Å². The Balaban J connectivity index is 0.000000229. The second-order valence-corrected chi connectivity index (χ2v) is 17.7. The van der Waals surface area contributed by atoms with E-state index in [4.69, 9.17) is 0 Å². The van der Waals surface area contributed by atoms with Gasteiger partial charge < -0.3 is 24.8 Å². The fourth-order valence-corrected chi connectivity index (χ4v) is 11.7. The van der Waals surface area contributed by atoms with E-state index in [1.165, 1.54) is 44.7 Å². The van der Waals surface area contributed by atoms with Gasteiger partial charge in [-0.05, 0) is 29.0 Å². The van der Waals surface area contributed by atoms with E-state index in [9.17, 15) is 0 Å². The van der Waals surface area contributed by atoms with Crippen molar-refractivity contribution in [2.24, 2.45) is 10.9 Å². The van der Waals surface area contributed by atoms with Crippen LogP contribution in [0.4, 0.5) is 0 Å². The van der Waals surface area contributed by atoms with Gasteiger partial charge in [-0.2, -0.15) is 0 Å². The van der Waals surface area contributed by atoms with E-state index in [1.807, 2.05) is 6.20 Å². The van der Waals surface area contributed by atoms with Crippen LogP contribution in [0.15, 0.2) is 86.8 Å². The van der Waals surface area contributed by atoms with Crippen molar-refractivity contribution < 1.29 is 49.5 Å². The summed E-state index contributed by atoms with van der Waals surface area (Å²) >= 11 is 1.60. The average Bonchev–Trinajstić information content (AvgIpc) is 3.50. The first-order valence-electron chi connectivity index (χ1n) is 12.8. The molecule has 5 heteroatoms. The SMILES string of the molecule is CC(C)C1=Cc2c(-c3ccc(C(C)(C)C)cc3)cccc2[CH]1[Zr+2].CC1=C2C3=NC=CC3=C1[Si]2(C)C.[Cl-].[Cl-]. The zero-order valence-electron chi connectivity index (χ0n) is 23.1. The Hall–Kier alpha value is -1.25. The Bertz CT molecular complexity index is 1380. The van der Waals surface area contributed by atoms with Crippen LogP contribution in [-0.2, 0) is 30.1 Å². The quantitative estimate of drug-likeness (QED) is 0.456. The van der Waals surface area contributed by atoms with Crippen LogP contribution >= 0.6 is 0 Å². The number of hydrogen-bond donors (Lipinski definition) is 0. The fraction of sp³-hybridized carbons (Fsp3) is 0.344. The molecular weight excluding hydrogens is 589 g/mol. The van der Waals surface area contributed by atoms with Crippen LogP contribution in [0, 0.1) is 5.92 Å². The maximum Gasteiger partial charge on any atom is 0.116 e. The van der Waals surface area contributed by atoms with E-state index in [0.29, 0.717) is 9.54 Å². The summed E-state index contributed by atoms with van der Waals surface area (Å²) in [4.78, 5) is 4.42. The molecular formula is C32H36Cl2NSiZr. The third-order valence-corrected chi connectivity index (χ3v) is 13.4. The van der Waals surface area contributed by atoms with Crippen molar-refractivity contribution in [1.29, 1.82) is 0 Å². The standard InChI is InChI=1S/C22H25.C10H11NSi.2ClH.Zr/c1-15(2)18-13-17-7-6-8-20(21(17)14-18)16-9-11-19(12-10-16)22(3,4)5;1-6-9-7-4-5-11-8(7)10(6)12(9,2)3;;;/h6-15H,1-5H3;4-5H,1-3H3;2*1H;/q;;;;+2/p-2. The molecule has 191 valence electrons. The predicted octanol–water partition coefficient (Wildman–Crippen LogP) is 2.68. The Morgan fingerprint density at radius 2 is 1.59 bits per heavy atom. The van der Waals surface area contributed by atoms with Gasteiger partial charge in [0.15, 0.2) is 0 Å². The van der Waals surface area contributed by atoms with Gasteiger partial charge in [-0.3, -0.25) is 4.99 Å². The summed E-state index contributed by atoms with van der Waals surface area (Å²) < 4.78 is 0.631. The molecule has 37 heavy (non-hydrogen) atoms. The van der Waals surface area contributed by atoms with Crippen molar-refractivity contribution in [1.82, 2.24) is 0 Å². The number of halogens is 2. The van der Waals surface area contributed by atoms with Crippen LogP contribution in [0.3, 0.4) is 0 Å². The molecule has 0 fully saturated rings. The van der Waals surface area contributed by atoms with E-state index in [1.54, 1.807) is 40.7 Å². The van der Waals surface area contributed by atoms with Crippen molar-refractivity contribution in [3.05, 3.63) is 98.5 Å². The maximum atomic E-state index is 4.42. The van der Waals surface area contributed by atoms with Crippen LogP contribution in [0.25, 0.3) is 17.2 Å². The number of allylic oxidation sites excluding steroid dienone is 6. The monoisotopic (exact) mass is 622 g/mol. The van der Waals surface area contributed by atoms with E-state index < -0.39 is 8.07 Å². The van der Waals surface area contributed by atoms with Gasteiger partial charge in [-0.25, -0.2) is 0 Å². The first kappa shape index (κ1) is 30.3. The van der Waals surface area contributed by atoms with Crippen molar-refractivity contribution in [2.45, 2.75) is 63.7 Å². The van der Waals surface area contributed by atoms with Gasteiger partial charge in [0, 0.05) is 11.8 Å². The van der Waals surface area contributed by atoms with E-state index >= 15 is 0 Å². The van der Waals surface area contributed by atoms with Gasteiger partial charge in [0.25, 0.3) is 0 Å². The van der Waals surface area contributed by atoms with Gasteiger partial charge in [0.05, 0.1) is 5.71 Å². The molecule has 0 radical (unpaired) electrons. The molecule has 3 aliphatic heterocycles. The van der Waals surface area contributed by atoms with Crippen LogP contribution in [0.2, 0.25) is 13.1 Å². The molecule has 5 aliphatic rings. The second-order valence-electron chi connectivity index (χ2n) is 12.1. The van der Waals surface area contributed by atoms with Crippen LogP contribution in [0.1, 0.15) is 61.9 Å². The van der Waals surface area contributed by atoms with Gasteiger partial charge in [0.1, 0.15) is 8.07 Å². The molecule has 0 amide bonds. The molecule has 2 aliphatic carbocycles. The summed E-state index contributed by atoms with van der Waals surface area (Å²) in [6, 6.07) is 15.9. The molecule has 1 atom stereocenters. The molecule has 3 heterocycles. The minimum atomic E-state index is -1.13. The van der Waals surface area contributed by atoms with Crippen LogP contribution < -0.4 is 24.8 Å². The molecule has 2 aromatic rings. The van der Waals surface area contributed by atoms with Gasteiger partial charge in [-0.15, -0.1) is 0 Å². The largest absolute Gasteiger partial charge is 1.00 e. The summed E-state index contributed by atoms with van der Waals surface area (Å²) in [6.07, 6.45) is 6.55. The Kier molecular flexibility index (Phi) is 8.78. The number of fused-ring (bicyclic) bond motifs is 1. The zero-order chi connectivity index (χ0) is 25.3. The summed E-state index contributed by atoms with van der Waals surface area (Å²) in [5, 5.41) is 3.27. The summed E-state index contributed by atoms with van der Waals surface area (Å²) in [7, 11) is -1.13. The molecule has 7 rings (SSSR count). The zero-order valence-corrected chi connectivity index (χ0v) is 28.1. The fourth-order valence-electron chi connectivity index (χ4n) is 6.20. The Labute approximate surface area is 252 Å².